The van der Waals surface area contributed by atoms with Crippen molar-refractivity contribution in [1.29, 1.82) is 0 Å². The van der Waals surface area contributed by atoms with E-state index in [-0.39, 0.29) is 24.3 Å². The molecule has 2 N–H and O–H groups in total. The molecule has 1 saturated heterocycles. The third-order valence-electron chi connectivity index (χ3n) is 5.43. The van der Waals surface area contributed by atoms with E-state index in [1.54, 1.807) is 51.8 Å². The van der Waals surface area contributed by atoms with E-state index >= 15 is 0 Å². The van der Waals surface area contributed by atoms with Crippen LogP contribution in [0.3, 0.4) is 0 Å². The molecule has 0 bridgehead atoms. The summed E-state index contributed by atoms with van der Waals surface area (Å²) in [6.45, 7) is 7.37. The van der Waals surface area contributed by atoms with Crippen molar-refractivity contribution in [2.45, 2.75) is 44.9 Å². The van der Waals surface area contributed by atoms with Crippen molar-refractivity contribution in [1.82, 2.24) is 25.1 Å². The lowest BCUT2D eigenvalue weighted by Crippen LogP contribution is -2.35. The lowest BCUT2D eigenvalue weighted by Gasteiger charge is -2.16. The molecule has 3 aromatic rings. The zero-order valence-electron chi connectivity index (χ0n) is 19.4. The summed E-state index contributed by atoms with van der Waals surface area (Å²) in [6.07, 6.45) is 1.94. The van der Waals surface area contributed by atoms with Crippen molar-refractivity contribution in [3.05, 3.63) is 35.5 Å². The number of nitrogens with one attached hydrogen (secondary N) is 2. The summed E-state index contributed by atoms with van der Waals surface area (Å²) in [5.41, 5.74) is 1.48. The lowest BCUT2D eigenvalue weighted by molar-refractivity contribution is -0.126. The Morgan fingerprint density at radius 1 is 1.26 bits per heavy atom. The minimum absolute atomic E-state index is 0.0663. The van der Waals surface area contributed by atoms with Crippen molar-refractivity contribution < 1.29 is 9.59 Å². The van der Waals surface area contributed by atoms with Crippen LogP contribution in [0.5, 0.6) is 0 Å². The van der Waals surface area contributed by atoms with Gasteiger partial charge in [0.15, 0.2) is 10.8 Å². The zero-order valence-corrected chi connectivity index (χ0v) is 21.0. The number of nitrogens with zero attached hydrogens (tertiary/aromatic N) is 5. The Balaban J connectivity index is 1.39. The van der Waals surface area contributed by atoms with Crippen LogP contribution in [0, 0.1) is 5.92 Å². The number of aromatic nitrogens is 4. The Morgan fingerprint density at radius 2 is 2.03 bits per heavy atom. The Kier molecular flexibility index (Phi) is 7.57. The van der Waals surface area contributed by atoms with E-state index in [2.05, 4.69) is 46.5 Å². The molecule has 1 aromatic carbocycles. The molecule has 4 rings (SSSR count). The molecule has 1 aliphatic heterocycles. The average molecular weight is 502 g/mol. The van der Waals surface area contributed by atoms with Gasteiger partial charge in [0.2, 0.25) is 11.8 Å². The van der Waals surface area contributed by atoms with E-state index in [1.165, 1.54) is 0 Å². The first-order valence-corrected chi connectivity index (χ1v) is 12.7. The van der Waals surface area contributed by atoms with Crippen molar-refractivity contribution in [2.24, 2.45) is 5.92 Å². The SMILES string of the molecule is CCSc1nc(NC(C)C)c2cnn(CCNC(=O)C3CC(=O)N(c4ccc(Cl)cc4)C3)c2n1. The van der Waals surface area contributed by atoms with Crippen LogP contribution < -0.4 is 15.5 Å². The fourth-order valence-corrected chi connectivity index (χ4v) is 4.55. The Morgan fingerprint density at radius 3 is 2.74 bits per heavy atom. The molecule has 0 saturated carbocycles. The number of halogens is 1. The summed E-state index contributed by atoms with van der Waals surface area (Å²) in [6, 6.07) is 7.28. The zero-order chi connectivity index (χ0) is 24.2. The minimum Gasteiger partial charge on any atom is -0.367 e. The fraction of sp³-hybridized carbons (Fsp3) is 0.435. The van der Waals surface area contributed by atoms with Crippen LogP contribution in [0.1, 0.15) is 27.2 Å². The number of fused-ring (bicyclic) bond motifs is 1. The van der Waals surface area contributed by atoms with Gasteiger partial charge in [0.05, 0.1) is 24.0 Å². The molecule has 9 nitrogen and oxygen atoms in total. The normalized spacial score (nSPS) is 16.0. The summed E-state index contributed by atoms with van der Waals surface area (Å²) in [4.78, 5) is 36.1. The molecule has 11 heteroatoms. The van der Waals surface area contributed by atoms with Crippen LogP contribution in [0.25, 0.3) is 11.0 Å². The topological polar surface area (TPSA) is 105 Å². The third kappa shape index (κ3) is 5.44. The summed E-state index contributed by atoms with van der Waals surface area (Å²) in [7, 11) is 0. The van der Waals surface area contributed by atoms with Gasteiger partial charge in [-0.05, 0) is 43.9 Å². The first kappa shape index (κ1) is 24.3. The molecular formula is C23H28ClN7O2S. The first-order valence-electron chi connectivity index (χ1n) is 11.3. The largest absolute Gasteiger partial charge is 0.367 e. The summed E-state index contributed by atoms with van der Waals surface area (Å²) in [5.74, 6) is 1.03. The summed E-state index contributed by atoms with van der Waals surface area (Å²) < 4.78 is 1.78. The predicted octanol–water partition coefficient (Wildman–Crippen LogP) is 3.58. The molecule has 1 fully saturated rings. The van der Waals surface area contributed by atoms with E-state index in [0.717, 1.165) is 28.3 Å². The maximum Gasteiger partial charge on any atom is 0.227 e. The second-order valence-corrected chi connectivity index (χ2v) is 10.0. The van der Waals surface area contributed by atoms with Gasteiger partial charge in [-0.3, -0.25) is 9.59 Å². The van der Waals surface area contributed by atoms with Gasteiger partial charge in [-0.15, -0.1) is 0 Å². The first-order chi connectivity index (χ1) is 16.4. The van der Waals surface area contributed by atoms with Crippen molar-refractivity contribution >= 4 is 57.7 Å². The number of carbonyl (C=O) groups is 2. The highest BCUT2D eigenvalue weighted by atomic mass is 35.5. The molecule has 3 heterocycles. The molecule has 34 heavy (non-hydrogen) atoms. The molecule has 2 aromatic heterocycles. The van der Waals surface area contributed by atoms with Gasteiger partial charge in [-0.1, -0.05) is 30.3 Å². The highest BCUT2D eigenvalue weighted by molar-refractivity contribution is 7.99. The van der Waals surface area contributed by atoms with Gasteiger partial charge < -0.3 is 15.5 Å². The Bertz CT molecular complexity index is 1180. The van der Waals surface area contributed by atoms with Gasteiger partial charge in [0, 0.05) is 36.3 Å². The molecule has 180 valence electrons. The number of thioether (sulfide) groups is 1. The smallest absolute Gasteiger partial charge is 0.227 e. The number of rotatable bonds is 9. The molecule has 1 aliphatic rings. The van der Waals surface area contributed by atoms with Crippen LogP contribution >= 0.6 is 23.4 Å². The maximum atomic E-state index is 12.7. The Hall–Kier alpha value is -2.85. The van der Waals surface area contributed by atoms with Crippen LogP contribution in [-0.4, -0.2) is 56.4 Å². The standard InChI is InChI=1S/C23H28ClN7O2S/c1-4-34-23-28-20(27-14(2)3)18-12-26-31(21(18)29-23)10-9-25-22(33)15-11-19(32)30(13-15)17-7-5-16(24)6-8-17/h5-8,12,14-15H,4,9-11,13H2,1-3H3,(H,25,33)(H,27,28,29). The minimum atomic E-state index is -0.394. The number of benzene rings is 1. The van der Waals surface area contributed by atoms with Crippen molar-refractivity contribution in [3.63, 3.8) is 0 Å². The Labute approximate surface area is 207 Å². The van der Waals surface area contributed by atoms with E-state index in [1.807, 2.05) is 0 Å². The third-order valence-corrected chi connectivity index (χ3v) is 6.41. The van der Waals surface area contributed by atoms with Gasteiger partial charge in [-0.25, -0.2) is 14.6 Å². The van der Waals surface area contributed by atoms with Crippen molar-refractivity contribution in [3.8, 4) is 0 Å². The van der Waals surface area contributed by atoms with E-state index < -0.39 is 5.92 Å². The summed E-state index contributed by atoms with van der Waals surface area (Å²) >= 11 is 7.51. The molecular weight excluding hydrogens is 474 g/mol. The van der Waals surface area contributed by atoms with Gasteiger partial charge in [0.25, 0.3) is 0 Å². The quantitative estimate of drug-likeness (QED) is 0.341. The monoisotopic (exact) mass is 501 g/mol. The van der Waals surface area contributed by atoms with Crippen LogP contribution in [0.2, 0.25) is 5.02 Å². The van der Waals surface area contributed by atoms with Gasteiger partial charge in [-0.2, -0.15) is 5.10 Å². The summed E-state index contributed by atoms with van der Waals surface area (Å²) in [5, 5.41) is 12.9. The van der Waals surface area contributed by atoms with Gasteiger partial charge in [0.1, 0.15) is 5.82 Å². The molecule has 1 atom stereocenters. The predicted molar refractivity (Wildman–Crippen MR) is 135 cm³/mol. The number of hydrogen-bond donors (Lipinski definition) is 2. The van der Waals surface area contributed by atoms with E-state index in [4.69, 9.17) is 11.6 Å². The van der Waals surface area contributed by atoms with E-state index in [0.29, 0.717) is 29.8 Å². The number of amides is 2. The van der Waals surface area contributed by atoms with Crippen molar-refractivity contribution in [2.75, 3.05) is 29.1 Å². The van der Waals surface area contributed by atoms with Crippen LogP contribution in [0.4, 0.5) is 11.5 Å². The number of anilines is 2. The lowest BCUT2D eigenvalue weighted by atomic mass is 10.1. The second kappa shape index (κ2) is 10.6. The molecule has 0 radical (unpaired) electrons. The molecule has 2 amide bonds. The van der Waals surface area contributed by atoms with Crippen LogP contribution in [-0.2, 0) is 16.1 Å². The molecule has 1 unspecified atom stereocenters. The maximum absolute atomic E-state index is 12.7. The highest BCUT2D eigenvalue weighted by Gasteiger charge is 2.35. The average Bonchev–Trinajstić information content (AvgIpc) is 3.38. The highest BCUT2D eigenvalue weighted by Crippen LogP contribution is 2.27. The van der Waals surface area contributed by atoms with Crippen LogP contribution in [0.15, 0.2) is 35.6 Å². The van der Waals surface area contributed by atoms with Gasteiger partial charge >= 0.3 is 0 Å². The van der Waals surface area contributed by atoms with E-state index in [9.17, 15) is 9.59 Å². The second-order valence-electron chi connectivity index (χ2n) is 8.36. The fourth-order valence-electron chi connectivity index (χ4n) is 3.86. The number of carbonyl (C=O) groups excluding carboxylic acids is 2. The number of hydrogen-bond acceptors (Lipinski definition) is 7. The molecule has 0 aliphatic carbocycles. The molecule has 0 spiro atoms.